The summed E-state index contributed by atoms with van der Waals surface area (Å²) in [6, 6.07) is 1.32. The average Bonchev–Trinajstić information content (AvgIpc) is 2.38. The Morgan fingerprint density at radius 2 is 2.22 bits per heavy atom. The molecule has 0 saturated heterocycles. The van der Waals surface area contributed by atoms with Gasteiger partial charge in [0, 0.05) is 18.8 Å². The van der Waals surface area contributed by atoms with Gasteiger partial charge in [-0.2, -0.15) is 0 Å². The summed E-state index contributed by atoms with van der Waals surface area (Å²) in [6.45, 7) is 0. The number of halogens is 1. The van der Waals surface area contributed by atoms with Crippen molar-refractivity contribution in [2.45, 2.75) is 0 Å². The van der Waals surface area contributed by atoms with Crippen LogP contribution in [0.3, 0.4) is 0 Å². The maximum Gasteiger partial charge on any atom is 0.313 e. The van der Waals surface area contributed by atoms with Crippen LogP contribution in [0.15, 0.2) is 24.7 Å². The maximum absolute atomic E-state index is 13.6. The van der Waals surface area contributed by atoms with Crippen LogP contribution < -0.4 is 5.32 Å². The lowest BCUT2D eigenvalue weighted by molar-refractivity contribution is -0.384. The highest BCUT2D eigenvalue weighted by Gasteiger charge is 2.21. The Labute approximate surface area is 101 Å². The molecule has 0 aliphatic rings. The number of hydrogen-bond donors (Lipinski definition) is 1. The second-order valence-corrected chi connectivity index (χ2v) is 3.29. The lowest BCUT2D eigenvalue weighted by atomic mass is 10.1. The molecule has 0 spiro atoms. The molecule has 0 radical (unpaired) electrons. The topological polar surface area (TPSA) is 93.8 Å². The van der Waals surface area contributed by atoms with Crippen molar-refractivity contribution in [1.29, 1.82) is 0 Å². The van der Waals surface area contributed by atoms with Gasteiger partial charge in [-0.05, 0) is 6.07 Å². The van der Waals surface area contributed by atoms with Gasteiger partial charge in [-0.15, -0.1) is 0 Å². The van der Waals surface area contributed by atoms with Crippen molar-refractivity contribution >= 4 is 11.6 Å². The van der Waals surface area contributed by atoms with E-state index in [9.17, 15) is 14.5 Å². The quantitative estimate of drug-likeness (QED) is 0.656. The molecular formula is C10H8FN5O2. The van der Waals surface area contributed by atoms with Crippen LogP contribution in [-0.4, -0.2) is 26.9 Å². The van der Waals surface area contributed by atoms with Crippen LogP contribution >= 0.6 is 0 Å². The fraction of sp³-hybridized carbons (Fsp3) is 0.100. The lowest BCUT2D eigenvalue weighted by Gasteiger charge is -2.05. The fourth-order valence-electron chi connectivity index (χ4n) is 1.39. The van der Waals surface area contributed by atoms with E-state index in [0.29, 0.717) is 0 Å². The standard InChI is InChI=1S/C10H8FN5O2/c1-12-10-14-5-8(16(17)18)9(15-10)6-2-3-13-4-7(6)11/h2-5H,1H3,(H,12,14,15). The zero-order valence-electron chi connectivity index (χ0n) is 9.29. The first-order chi connectivity index (χ1) is 8.63. The normalized spacial score (nSPS) is 10.1. The third-order valence-corrected chi connectivity index (χ3v) is 2.22. The summed E-state index contributed by atoms with van der Waals surface area (Å²) in [5.74, 6) is -0.506. The van der Waals surface area contributed by atoms with Gasteiger partial charge in [-0.25, -0.2) is 14.4 Å². The van der Waals surface area contributed by atoms with Crippen molar-refractivity contribution in [3.05, 3.63) is 40.6 Å². The molecule has 92 valence electrons. The number of nitrogens with one attached hydrogen (secondary N) is 1. The van der Waals surface area contributed by atoms with Crippen molar-refractivity contribution in [1.82, 2.24) is 15.0 Å². The van der Waals surface area contributed by atoms with Gasteiger partial charge in [0.05, 0.1) is 11.1 Å². The first-order valence-electron chi connectivity index (χ1n) is 4.92. The number of pyridine rings is 1. The van der Waals surface area contributed by atoms with E-state index in [2.05, 4.69) is 20.3 Å². The molecule has 2 heterocycles. The Balaban J connectivity index is 2.68. The fourth-order valence-corrected chi connectivity index (χ4v) is 1.39. The Kier molecular flexibility index (Phi) is 3.09. The Morgan fingerprint density at radius 3 is 2.83 bits per heavy atom. The molecule has 0 fully saturated rings. The molecule has 2 aromatic rings. The van der Waals surface area contributed by atoms with Crippen molar-refractivity contribution in [2.24, 2.45) is 0 Å². The van der Waals surface area contributed by atoms with Gasteiger partial charge in [0.2, 0.25) is 5.95 Å². The van der Waals surface area contributed by atoms with Crippen molar-refractivity contribution in [3.63, 3.8) is 0 Å². The molecule has 8 heteroatoms. The van der Waals surface area contributed by atoms with E-state index in [1.54, 1.807) is 7.05 Å². The monoisotopic (exact) mass is 249 g/mol. The van der Waals surface area contributed by atoms with Crippen LogP contribution in [0.1, 0.15) is 0 Å². The highest BCUT2D eigenvalue weighted by Crippen LogP contribution is 2.29. The van der Waals surface area contributed by atoms with Crippen LogP contribution in [-0.2, 0) is 0 Å². The van der Waals surface area contributed by atoms with E-state index < -0.39 is 10.7 Å². The van der Waals surface area contributed by atoms with Crippen LogP contribution in [0.2, 0.25) is 0 Å². The first kappa shape index (κ1) is 11.8. The minimum absolute atomic E-state index is 0.00981. The molecule has 1 N–H and O–H groups in total. The summed E-state index contributed by atoms with van der Waals surface area (Å²) in [5.41, 5.74) is -0.436. The van der Waals surface area contributed by atoms with E-state index in [1.807, 2.05) is 0 Å². The molecule has 7 nitrogen and oxygen atoms in total. The zero-order chi connectivity index (χ0) is 13.1. The molecule has 0 bridgehead atoms. The molecular weight excluding hydrogens is 241 g/mol. The van der Waals surface area contributed by atoms with Gasteiger partial charge < -0.3 is 5.32 Å². The highest BCUT2D eigenvalue weighted by molar-refractivity contribution is 5.70. The van der Waals surface area contributed by atoms with Gasteiger partial charge >= 0.3 is 5.69 Å². The van der Waals surface area contributed by atoms with E-state index in [4.69, 9.17) is 0 Å². The predicted molar refractivity (Wildman–Crippen MR) is 61.4 cm³/mol. The van der Waals surface area contributed by atoms with Gasteiger partial charge in [-0.3, -0.25) is 15.1 Å². The van der Waals surface area contributed by atoms with Gasteiger partial charge in [0.25, 0.3) is 0 Å². The second kappa shape index (κ2) is 4.70. The zero-order valence-corrected chi connectivity index (χ0v) is 9.29. The molecule has 0 atom stereocenters. The number of anilines is 1. The molecule has 0 amide bonds. The number of hydrogen-bond acceptors (Lipinski definition) is 6. The van der Waals surface area contributed by atoms with Gasteiger partial charge in [-0.1, -0.05) is 0 Å². The van der Waals surface area contributed by atoms with Crippen LogP contribution in [0.5, 0.6) is 0 Å². The SMILES string of the molecule is CNc1ncc([N+](=O)[O-])c(-c2ccncc2F)n1. The van der Waals surface area contributed by atoms with Crippen LogP contribution in [0.25, 0.3) is 11.3 Å². The predicted octanol–water partition coefficient (Wildman–Crippen LogP) is 1.63. The largest absolute Gasteiger partial charge is 0.357 e. The van der Waals surface area contributed by atoms with Gasteiger partial charge in [0.1, 0.15) is 6.20 Å². The Hall–Kier alpha value is -2.64. The first-order valence-corrected chi connectivity index (χ1v) is 4.92. The summed E-state index contributed by atoms with van der Waals surface area (Å²) in [6.07, 6.45) is 3.34. The number of nitrogens with zero attached hydrogens (tertiary/aromatic N) is 4. The maximum atomic E-state index is 13.6. The van der Waals surface area contributed by atoms with Crippen LogP contribution in [0.4, 0.5) is 16.0 Å². The van der Waals surface area contributed by atoms with Crippen LogP contribution in [0, 0.1) is 15.9 Å². The minimum Gasteiger partial charge on any atom is -0.357 e. The lowest BCUT2D eigenvalue weighted by Crippen LogP contribution is -2.02. The molecule has 0 aliphatic heterocycles. The summed E-state index contributed by atoms with van der Waals surface area (Å²) in [7, 11) is 1.56. The average molecular weight is 249 g/mol. The summed E-state index contributed by atoms with van der Waals surface area (Å²) in [5, 5.41) is 13.5. The summed E-state index contributed by atoms with van der Waals surface area (Å²) in [4.78, 5) is 21.4. The molecule has 0 saturated carbocycles. The Morgan fingerprint density at radius 1 is 1.44 bits per heavy atom. The molecule has 2 rings (SSSR count). The summed E-state index contributed by atoms with van der Waals surface area (Å²) < 4.78 is 13.6. The van der Waals surface area contributed by atoms with Crippen molar-refractivity contribution in [2.75, 3.05) is 12.4 Å². The Bertz CT molecular complexity index is 605. The molecule has 0 aromatic carbocycles. The van der Waals surface area contributed by atoms with E-state index >= 15 is 0 Å². The molecule has 18 heavy (non-hydrogen) atoms. The second-order valence-electron chi connectivity index (χ2n) is 3.29. The number of rotatable bonds is 3. The van der Waals surface area contributed by atoms with E-state index in [1.165, 1.54) is 12.3 Å². The van der Waals surface area contributed by atoms with Crippen molar-refractivity contribution < 1.29 is 9.31 Å². The highest BCUT2D eigenvalue weighted by atomic mass is 19.1. The third kappa shape index (κ3) is 2.08. The third-order valence-electron chi connectivity index (χ3n) is 2.22. The van der Waals surface area contributed by atoms with Gasteiger partial charge in [0.15, 0.2) is 11.5 Å². The summed E-state index contributed by atoms with van der Waals surface area (Å²) >= 11 is 0. The van der Waals surface area contributed by atoms with E-state index in [0.717, 1.165) is 12.4 Å². The minimum atomic E-state index is -0.679. The number of nitro groups is 1. The molecule has 0 unspecified atom stereocenters. The molecule has 2 aromatic heterocycles. The number of aromatic nitrogens is 3. The smallest absolute Gasteiger partial charge is 0.313 e. The molecule has 0 aliphatic carbocycles. The van der Waals surface area contributed by atoms with E-state index in [-0.39, 0.29) is 22.9 Å². The van der Waals surface area contributed by atoms with Crippen molar-refractivity contribution in [3.8, 4) is 11.3 Å².